The van der Waals surface area contributed by atoms with Crippen LogP contribution in [0.3, 0.4) is 0 Å². The Labute approximate surface area is 93.0 Å². The second-order valence-electron chi connectivity index (χ2n) is 3.10. The molecule has 0 N–H and O–H groups in total. The molecule has 0 heterocycles. The van der Waals surface area contributed by atoms with Crippen molar-refractivity contribution >= 4 is 22.6 Å². The summed E-state index contributed by atoms with van der Waals surface area (Å²) < 4.78 is 5.01. The summed E-state index contributed by atoms with van der Waals surface area (Å²) in [6, 6.07) is 7.15. The van der Waals surface area contributed by atoms with E-state index in [2.05, 4.69) is 0 Å². The smallest absolute Gasteiger partial charge is 0.229 e. The highest BCUT2D eigenvalue weighted by Crippen LogP contribution is 2.13. The maximum atomic E-state index is 11.3. The number of methoxy groups -OCH3 is 1. The Hall–Kier alpha value is -1.35. The van der Waals surface area contributed by atoms with E-state index in [9.17, 15) is 9.59 Å². The number of ketones is 1. The van der Waals surface area contributed by atoms with E-state index in [0.717, 1.165) is 5.56 Å². The summed E-state index contributed by atoms with van der Waals surface area (Å²) in [5, 5.41) is -0.622. The van der Waals surface area contributed by atoms with Crippen LogP contribution in [-0.4, -0.2) is 18.1 Å². The van der Waals surface area contributed by atoms with E-state index in [1.54, 1.807) is 31.4 Å². The van der Waals surface area contributed by atoms with E-state index < -0.39 is 5.24 Å². The highest BCUT2D eigenvalue weighted by molar-refractivity contribution is 6.64. The molecule has 3 nitrogen and oxygen atoms in total. The molecular formula is C11H11ClO3. The van der Waals surface area contributed by atoms with Gasteiger partial charge in [-0.25, -0.2) is 0 Å². The molecular weight excluding hydrogens is 216 g/mol. The Kier molecular flexibility index (Phi) is 4.31. The molecule has 0 fully saturated rings. The van der Waals surface area contributed by atoms with E-state index in [4.69, 9.17) is 16.3 Å². The normalized spacial score (nSPS) is 9.73. The van der Waals surface area contributed by atoms with E-state index >= 15 is 0 Å². The van der Waals surface area contributed by atoms with Crippen LogP contribution in [0.5, 0.6) is 5.75 Å². The predicted molar refractivity (Wildman–Crippen MR) is 57.2 cm³/mol. The fourth-order valence-electron chi connectivity index (χ4n) is 1.23. The minimum Gasteiger partial charge on any atom is -0.497 e. The van der Waals surface area contributed by atoms with Gasteiger partial charge in [-0.15, -0.1) is 0 Å². The molecule has 0 aromatic heterocycles. The van der Waals surface area contributed by atoms with Crippen LogP contribution in [0.2, 0.25) is 0 Å². The van der Waals surface area contributed by atoms with E-state index in [-0.39, 0.29) is 18.6 Å². The van der Waals surface area contributed by atoms with Crippen LogP contribution in [-0.2, 0) is 16.0 Å². The average molecular weight is 227 g/mol. The minimum absolute atomic E-state index is 0.191. The van der Waals surface area contributed by atoms with Gasteiger partial charge in [-0.05, 0) is 29.3 Å². The van der Waals surface area contributed by atoms with Crippen molar-refractivity contribution in [3.8, 4) is 5.75 Å². The zero-order valence-electron chi connectivity index (χ0n) is 8.33. The van der Waals surface area contributed by atoms with Crippen molar-refractivity contribution in [2.24, 2.45) is 0 Å². The monoisotopic (exact) mass is 226 g/mol. The molecule has 0 radical (unpaired) electrons. The van der Waals surface area contributed by atoms with Crippen LogP contribution in [0.1, 0.15) is 12.0 Å². The summed E-state index contributed by atoms with van der Waals surface area (Å²) in [4.78, 5) is 21.8. The predicted octanol–water partition coefficient (Wildman–Crippen LogP) is 1.96. The number of carbonyl (C=O) groups excluding carboxylic acids is 2. The molecule has 0 unspecified atom stereocenters. The van der Waals surface area contributed by atoms with Gasteiger partial charge in [0.2, 0.25) is 5.24 Å². The third-order valence-corrected chi connectivity index (χ3v) is 2.01. The molecule has 0 bridgehead atoms. The first-order valence-electron chi connectivity index (χ1n) is 4.45. The number of ether oxygens (including phenoxy) is 1. The Balaban J connectivity index is 2.63. The molecule has 1 aromatic rings. The molecule has 0 spiro atoms. The zero-order chi connectivity index (χ0) is 11.3. The Bertz CT molecular complexity index is 374. The Morgan fingerprint density at radius 2 is 2.13 bits per heavy atom. The van der Waals surface area contributed by atoms with Crippen molar-refractivity contribution in [2.75, 3.05) is 7.11 Å². The largest absolute Gasteiger partial charge is 0.497 e. The first-order chi connectivity index (χ1) is 7.11. The van der Waals surface area contributed by atoms with Crippen LogP contribution in [0, 0.1) is 0 Å². The molecule has 0 aliphatic rings. The lowest BCUT2D eigenvalue weighted by atomic mass is 10.1. The first kappa shape index (κ1) is 11.7. The topological polar surface area (TPSA) is 43.4 Å². The molecule has 0 saturated carbocycles. The zero-order valence-corrected chi connectivity index (χ0v) is 9.08. The molecule has 1 aromatic carbocycles. The fraction of sp³-hybridized carbons (Fsp3) is 0.273. The number of hydrogen-bond acceptors (Lipinski definition) is 3. The van der Waals surface area contributed by atoms with Crippen LogP contribution < -0.4 is 4.74 Å². The summed E-state index contributed by atoms with van der Waals surface area (Å²) >= 11 is 5.11. The average Bonchev–Trinajstić information content (AvgIpc) is 2.16. The summed E-state index contributed by atoms with van der Waals surface area (Å²) in [5.41, 5.74) is 0.817. The van der Waals surface area contributed by atoms with Crippen LogP contribution in [0.15, 0.2) is 24.3 Å². The molecule has 4 heteroatoms. The minimum atomic E-state index is -0.622. The molecule has 0 saturated heterocycles. The van der Waals surface area contributed by atoms with Gasteiger partial charge in [0.1, 0.15) is 11.5 Å². The van der Waals surface area contributed by atoms with Crippen molar-refractivity contribution < 1.29 is 14.3 Å². The molecule has 0 atom stereocenters. The quantitative estimate of drug-likeness (QED) is 0.570. The van der Waals surface area contributed by atoms with Gasteiger partial charge in [-0.1, -0.05) is 12.1 Å². The second kappa shape index (κ2) is 5.51. The maximum Gasteiger partial charge on any atom is 0.229 e. The summed E-state index contributed by atoms with van der Waals surface area (Å²) in [6.07, 6.45) is -0.0194. The molecule has 0 amide bonds. The fourth-order valence-corrected chi connectivity index (χ4v) is 1.38. The van der Waals surface area contributed by atoms with Crippen LogP contribution in [0.25, 0.3) is 0 Å². The maximum absolute atomic E-state index is 11.3. The first-order valence-corrected chi connectivity index (χ1v) is 4.82. The number of benzene rings is 1. The summed E-state index contributed by atoms with van der Waals surface area (Å²) in [6.45, 7) is 0. The molecule has 0 aliphatic carbocycles. The number of halogens is 1. The summed E-state index contributed by atoms with van der Waals surface area (Å²) in [5.74, 6) is 0.501. The van der Waals surface area contributed by atoms with E-state index in [1.165, 1.54) is 0 Å². The number of rotatable bonds is 5. The SMILES string of the molecule is COc1cccc(CC(=O)CC(=O)Cl)c1. The van der Waals surface area contributed by atoms with Gasteiger partial charge in [-0.3, -0.25) is 9.59 Å². The van der Waals surface area contributed by atoms with E-state index in [1.807, 2.05) is 0 Å². The van der Waals surface area contributed by atoms with Crippen molar-refractivity contribution in [1.29, 1.82) is 0 Å². The van der Waals surface area contributed by atoms with Gasteiger partial charge in [0.15, 0.2) is 0 Å². The third kappa shape index (κ3) is 4.13. The van der Waals surface area contributed by atoms with Gasteiger partial charge in [0.05, 0.1) is 13.5 Å². The van der Waals surface area contributed by atoms with E-state index in [0.29, 0.717) is 5.75 Å². The van der Waals surface area contributed by atoms with Crippen LogP contribution >= 0.6 is 11.6 Å². The van der Waals surface area contributed by atoms with Gasteiger partial charge in [-0.2, -0.15) is 0 Å². The third-order valence-electron chi connectivity index (χ3n) is 1.87. The van der Waals surface area contributed by atoms with Crippen molar-refractivity contribution in [3.05, 3.63) is 29.8 Å². The highest BCUT2D eigenvalue weighted by Gasteiger charge is 2.08. The molecule has 15 heavy (non-hydrogen) atoms. The van der Waals surface area contributed by atoms with Crippen molar-refractivity contribution in [2.45, 2.75) is 12.8 Å². The Morgan fingerprint density at radius 1 is 1.40 bits per heavy atom. The molecule has 1 rings (SSSR count). The lowest BCUT2D eigenvalue weighted by molar-refractivity contribution is -0.123. The lowest BCUT2D eigenvalue weighted by Gasteiger charge is -2.02. The van der Waals surface area contributed by atoms with Crippen molar-refractivity contribution in [1.82, 2.24) is 0 Å². The lowest BCUT2D eigenvalue weighted by Crippen LogP contribution is -2.06. The van der Waals surface area contributed by atoms with Gasteiger partial charge >= 0.3 is 0 Å². The van der Waals surface area contributed by atoms with Crippen LogP contribution in [0.4, 0.5) is 0 Å². The van der Waals surface area contributed by atoms with Crippen molar-refractivity contribution in [3.63, 3.8) is 0 Å². The Morgan fingerprint density at radius 3 is 2.73 bits per heavy atom. The molecule has 80 valence electrons. The summed E-state index contributed by atoms with van der Waals surface area (Å²) in [7, 11) is 1.56. The number of Topliss-reactive ketones (excluding diaryl/α,β-unsaturated/α-hetero) is 1. The van der Waals surface area contributed by atoms with Gasteiger partial charge in [0, 0.05) is 6.42 Å². The number of hydrogen-bond donors (Lipinski definition) is 0. The molecule has 0 aliphatic heterocycles. The number of carbonyl (C=O) groups is 2. The van der Waals surface area contributed by atoms with Gasteiger partial charge < -0.3 is 4.74 Å². The van der Waals surface area contributed by atoms with Gasteiger partial charge in [0.25, 0.3) is 0 Å². The standard InChI is InChI=1S/C11H11ClO3/c1-15-10-4-2-3-8(6-10)5-9(13)7-11(12)14/h2-4,6H,5,7H2,1H3. The second-order valence-corrected chi connectivity index (χ2v) is 3.52. The highest BCUT2D eigenvalue weighted by atomic mass is 35.5.